The minimum atomic E-state index is -0.801. The molecule has 0 saturated carbocycles. The van der Waals surface area contributed by atoms with Crippen LogP contribution in [0.15, 0.2) is 97.2 Å². The van der Waals surface area contributed by atoms with Crippen molar-refractivity contribution < 1.29 is 28.6 Å². The average molecular weight is 974 g/mol. The first-order valence-electron chi connectivity index (χ1n) is 29.2. The predicted octanol–water partition coefficient (Wildman–Crippen LogP) is 19.7. The zero-order chi connectivity index (χ0) is 50.7. The molecule has 0 aromatic heterocycles. The van der Waals surface area contributed by atoms with Crippen molar-refractivity contribution >= 4 is 17.9 Å². The minimum Gasteiger partial charge on any atom is -0.462 e. The third-order valence-electron chi connectivity index (χ3n) is 12.3. The fraction of sp³-hybridized carbons (Fsp3) is 0.703. The first kappa shape index (κ1) is 66.3. The van der Waals surface area contributed by atoms with Crippen LogP contribution in [0.4, 0.5) is 0 Å². The van der Waals surface area contributed by atoms with E-state index < -0.39 is 6.10 Å². The standard InChI is InChI=1S/C64H108O6/c1-4-7-10-13-16-19-22-25-28-30-31-32-33-35-36-39-42-45-48-51-54-57-63(66)69-60-61(59-68-62(65)56-53-50-47-44-41-38-27-24-21-18-15-12-9-6-3)70-64(67)58-55-52-49-46-43-40-37-34-29-26-23-20-17-14-11-8-5-2/h8,11,17,20,22,24-27,29-31,33,35,37,40,61H,4-7,9-10,12-16,18-19,21,23,28,32,34,36,38-39,41-60H2,1-3H3/b11-8-,20-17-,25-22-,27-24-,29-26-,31-30-,35-33-,40-37-. The lowest BCUT2D eigenvalue weighted by Gasteiger charge is -2.18. The molecule has 70 heavy (non-hydrogen) atoms. The number of esters is 3. The molecular weight excluding hydrogens is 865 g/mol. The van der Waals surface area contributed by atoms with Gasteiger partial charge in [-0.25, -0.2) is 0 Å². The van der Waals surface area contributed by atoms with E-state index in [1.165, 1.54) is 109 Å². The Hall–Kier alpha value is -3.67. The Bertz CT molecular complexity index is 1400. The Morgan fingerprint density at radius 1 is 0.300 bits per heavy atom. The topological polar surface area (TPSA) is 78.9 Å². The SMILES string of the molecule is CC/C=C\C/C=C\C/C=C\C/C=C\CCCCCCC(=O)OC(COC(=O)CCCCCCC/C=C\CCCCCCC)COC(=O)CCCCCCCC/C=C\C/C=C\C/C=C\CCCCCCC. The largest absolute Gasteiger partial charge is 0.462 e. The summed E-state index contributed by atoms with van der Waals surface area (Å²) in [5.41, 5.74) is 0. The molecule has 0 aromatic rings. The van der Waals surface area contributed by atoms with Gasteiger partial charge < -0.3 is 14.2 Å². The molecule has 0 amide bonds. The summed E-state index contributed by atoms with van der Waals surface area (Å²) in [6, 6.07) is 0. The van der Waals surface area contributed by atoms with Gasteiger partial charge in [0, 0.05) is 19.3 Å². The molecule has 0 aliphatic heterocycles. The highest BCUT2D eigenvalue weighted by atomic mass is 16.6. The number of ether oxygens (including phenoxy) is 3. The second-order valence-corrected chi connectivity index (χ2v) is 19.2. The van der Waals surface area contributed by atoms with Crippen LogP contribution in [0, 0.1) is 0 Å². The minimum absolute atomic E-state index is 0.0967. The van der Waals surface area contributed by atoms with E-state index in [0.717, 1.165) is 122 Å². The summed E-state index contributed by atoms with van der Waals surface area (Å²) in [5.74, 6) is -0.938. The van der Waals surface area contributed by atoms with Gasteiger partial charge in [-0.2, -0.15) is 0 Å². The zero-order valence-electron chi connectivity index (χ0n) is 45.8. The van der Waals surface area contributed by atoms with Crippen LogP contribution in [0.3, 0.4) is 0 Å². The molecule has 0 aliphatic carbocycles. The van der Waals surface area contributed by atoms with Gasteiger partial charge in [0.05, 0.1) is 0 Å². The van der Waals surface area contributed by atoms with Gasteiger partial charge in [0.2, 0.25) is 0 Å². The molecule has 0 fully saturated rings. The molecule has 0 bridgehead atoms. The molecule has 0 aromatic carbocycles. The average Bonchev–Trinajstić information content (AvgIpc) is 3.36. The van der Waals surface area contributed by atoms with E-state index in [1.807, 2.05) is 0 Å². The van der Waals surface area contributed by atoms with Crippen molar-refractivity contribution in [3.05, 3.63) is 97.2 Å². The highest BCUT2D eigenvalue weighted by Crippen LogP contribution is 2.14. The van der Waals surface area contributed by atoms with Gasteiger partial charge in [-0.1, -0.05) is 227 Å². The Morgan fingerprint density at radius 2 is 0.557 bits per heavy atom. The van der Waals surface area contributed by atoms with Crippen LogP contribution in [0.25, 0.3) is 0 Å². The zero-order valence-corrected chi connectivity index (χ0v) is 45.8. The van der Waals surface area contributed by atoms with Gasteiger partial charge in [0.15, 0.2) is 6.10 Å². The van der Waals surface area contributed by atoms with Crippen molar-refractivity contribution in [3.8, 4) is 0 Å². The molecule has 0 N–H and O–H groups in total. The number of hydrogen-bond donors (Lipinski definition) is 0. The lowest BCUT2D eigenvalue weighted by Crippen LogP contribution is -2.30. The van der Waals surface area contributed by atoms with E-state index in [2.05, 4.69) is 118 Å². The third-order valence-corrected chi connectivity index (χ3v) is 12.3. The maximum atomic E-state index is 12.9. The molecule has 0 saturated heterocycles. The van der Waals surface area contributed by atoms with Crippen molar-refractivity contribution in [2.24, 2.45) is 0 Å². The normalized spacial score (nSPS) is 12.8. The van der Waals surface area contributed by atoms with Gasteiger partial charge >= 0.3 is 17.9 Å². The van der Waals surface area contributed by atoms with Crippen molar-refractivity contribution in [2.45, 2.75) is 277 Å². The molecule has 1 unspecified atom stereocenters. The Morgan fingerprint density at radius 3 is 0.886 bits per heavy atom. The molecule has 0 heterocycles. The molecule has 400 valence electrons. The number of unbranched alkanes of at least 4 members (excludes halogenated alkanes) is 25. The van der Waals surface area contributed by atoms with E-state index >= 15 is 0 Å². The molecule has 6 nitrogen and oxygen atoms in total. The van der Waals surface area contributed by atoms with Crippen LogP contribution in [0.2, 0.25) is 0 Å². The summed E-state index contributed by atoms with van der Waals surface area (Å²) in [7, 11) is 0. The third kappa shape index (κ3) is 55.3. The van der Waals surface area contributed by atoms with Crippen molar-refractivity contribution in [2.75, 3.05) is 13.2 Å². The molecule has 0 aliphatic rings. The Labute approximate surface area is 432 Å². The smallest absolute Gasteiger partial charge is 0.306 e. The van der Waals surface area contributed by atoms with E-state index in [1.54, 1.807) is 0 Å². The Kier molecular flexibility index (Phi) is 54.9. The van der Waals surface area contributed by atoms with Crippen LogP contribution in [-0.4, -0.2) is 37.2 Å². The molecule has 0 spiro atoms. The lowest BCUT2D eigenvalue weighted by molar-refractivity contribution is -0.167. The molecule has 6 heteroatoms. The van der Waals surface area contributed by atoms with Crippen LogP contribution in [0.1, 0.15) is 271 Å². The van der Waals surface area contributed by atoms with Crippen LogP contribution in [0.5, 0.6) is 0 Å². The maximum Gasteiger partial charge on any atom is 0.306 e. The number of hydrogen-bond acceptors (Lipinski definition) is 6. The molecule has 0 rings (SSSR count). The Balaban J connectivity index is 4.45. The van der Waals surface area contributed by atoms with E-state index in [-0.39, 0.29) is 31.1 Å². The maximum absolute atomic E-state index is 12.9. The van der Waals surface area contributed by atoms with E-state index in [4.69, 9.17) is 14.2 Å². The van der Waals surface area contributed by atoms with Crippen molar-refractivity contribution in [1.82, 2.24) is 0 Å². The van der Waals surface area contributed by atoms with Gasteiger partial charge in [0.1, 0.15) is 13.2 Å². The fourth-order valence-corrected chi connectivity index (χ4v) is 7.91. The highest BCUT2D eigenvalue weighted by Gasteiger charge is 2.19. The summed E-state index contributed by atoms with van der Waals surface area (Å²) in [4.78, 5) is 38.2. The summed E-state index contributed by atoms with van der Waals surface area (Å²) in [6.45, 7) is 6.47. The molecular formula is C64H108O6. The van der Waals surface area contributed by atoms with Gasteiger partial charge in [-0.15, -0.1) is 0 Å². The van der Waals surface area contributed by atoms with E-state index in [9.17, 15) is 14.4 Å². The van der Waals surface area contributed by atoms with Gasteiger partial charge in [0.25, 0.3) is 0 Å². The van der Waals surface area contributed by atoms with Crippen molar-refractivity contribution in [3.63, 3.8) is 0 Å². The van der Waals surface area contributed by atoms with Crippen LogP contribution >= 0.6 is 0 Å². The quantitative estimate of drug-likeness (QED) is 0.0262. The predicted molar refractivity (Wildman–Crippen MR) is 302 cm³/mol. The molecule has 1 atom stereocenters. The summed E-state index contributed by atoms with van der Waals surface area (Å²) in [6.07, 6.45) is 76.8. The summed E-state index contributed by atoms with van der Waals surface area (Å²) in [5, 5.41) is 0. The monoisotopic (exact) mass is 973 g/mol. The summed E-state index contributed by atoms with van der Waals surface area (Å²) >= 11 is 0. The van der Waals surface area contributed by atoms with Gasteiger partial charge in [-0.3, -0.25) is 14.4 Å². The highest BCUT2D eigenvalue weighted by molar-refractivity contribution is 5.71. The fourth-order valence-electron chi connectivity index (χ4n) is 7.91. The second kappa shape index (κ2) is 57.9. The number of carbonyl (C=O) groups excluding carboxylic acids is 3. The van der Waals surface area contributed by atoms with E-state index in [0.29, 0.717) is 19.3 Å². The van der Waals surface area contributed by atoms with Crippen molar-refractivity contribution in [1.29, 1.82) is 0 Å². The summed E-state index contributed by atoms with van der Waals surface area (Å²) < 4.78 is 16.8. The van der Waals surface area contributed by atoms with Gasteiger partial charge in [-0.05, 0) is 122 Å². The number of carbonyl (C=O) groups is 3. The first-order chi connectivity index (χ1) is 34.5. The lowest BCUT2D eigenvalue weighted by atomic mass is 10.1. The van der Waals surface area contributed by atoms with Crippen LogP contribution in [-0.2, 0) is 28.6 Å². The van der Waals surface area contributed by atoms with Crippen LogP contribution < -0.4 is 0 Å². The second-order valence-electron chi connectivity index (χ2n) is 19.2. The molecule has 0 radical (unpaired) electrons. The number of allylic oxidation sites excluding steroid dienone is 16. The number of rotatable bonds is 52. The first-order valence-corrected chi connectivity index (χ1v) is 29.2.